The Bertz CT molecular complexity index is 558. The second-order valence-electron chi connectivity index (χ2n) is 5.65. The summed E-state index contributed by atoms with van der Waals surface area (Å²) in [5.74, 6) is 0.998. The predicted molar refractivity (Wildman–Crippen MR) is 69.5 cm³/mol. The van der Waals surface area contributed by atoms with Crippen molar-refractivity contribution in [3.63, 3.8) is 0 Å². The first kappa shape index (κ1) is 12.0. The summed E-state index contributed by atoms with van der Waals surface area (Å²) in [6.07, 6.45) is 8.22. The molecule has 2 aromatic heterocycles. The van der Waals surface area contributed by atoms with Crippen LogP contribution < -0.4 is 0 Å². The van der Waals surface area contributed by atoms with E-state index < -0.39 is 0 Å². The highest BCUT2D eigenvalue weighted by molar-refractivity contribution is 4.92. The molecule has 2 fully saturated rings. The maximum absolute atomic E-state index is 4.20. The van der Waals surface area contributed by atoms with Gasteiger partial charge in [0.15, 0.2) is 5.82 Å². The molecule has 8 nitrogen and oxygen atoms in total. The summed E-state index contributed by atoms with van der Waals surface area (Å²) in [4.78, 5) is 6.47. The van der Waals surface area contributed by atoms with Crippen LogP contribution in [0.15, 0.2) is 12.7 Å². The Balaban J connectivity index is 1.45. The van der Waals surface area contributed by atoms with Crippen molar-refractivity contribution in [2.45, 2.75) is 50.9 Å². The van der Waals surface area contributed by atoms with Crippen LogP contribution >= 0.6 is 0 Å². The summed E-state index contributed by atoms with van der Waals surface area (Å²) in [6, 6.07) is 1.04. The van der Waals surface area contributed by atoms with Crippen molar-refractivity contribution in [3.8, 4) is 0 Å². The van der Waals surface area contributed by atoms with E-state index in [1.54, 1.807) is 12.7 Å². The highest BCUT2D eigenvalue weighted by atomic mass is 15.6. The lowest BCUT2D eigenvalue weighted by molar-refractivity contribution is 0.210. The minimum atomic E-state index is 0.501. The summed E-state index contributed by atoms with van der Waals surface area (Å²) < 4.78 is 3.91. The van der Waals surface area contributed by atoms with Crippen LogP contribution in [-0.4, -0.2) is 52.5 Å². The summed E-state index contributed by atoms with van der Waals surface area (Å²) in [5, 5.41) is 16.4. The minimum Gasteiger partial charge on any atom is -0.291 e. The van der Waals surface area contributed by atoms with E-state index >= 15 is 0 Å². The van der Waals surface area contributed by atoms with Crippen molar-refractivity contribution in [2.24, 2.45) is 0 Å². The Hall–Kier alpha value is -1.83. The summed E-state index contributed by atoms with van der Waals surface area (Å²) in [6.45, 7) is 2.84. The molecule has 0 radical (unpaired) electrons. The highest BCUT2D eigenvalue weighted by Gasteiger charge is 2.31. The van der Waals surface area contributed by atoms with Gasteiger partial charge >= 0.3 is 0 Å². The molecule has 106 valence electrons. The predicted octanol–water partition coefficient (Wildman–Crippen LogP) is 0.264. The zero-order chi connectivity index (χ0) is 13.4. The van der Waals surface area contributed by atoms with Crippen molar-refractivity contribution in [1.29, 1.82) is 0 Å². The van der Waals surface area contributed by atoms with E-state index in [1.807, 2.05) is 9.36 Å². The maximum Gasteiger partial charge on any atom is 0.165 e. The van der Waals surface area contributed by atoms with E-state index in [1.165, 1.54) is 25.7 Å². The molecule has 0 aromatic carbocycles. The Morgan fingerprint density at radius 2 is 2.20 bits per heavy atom. The fourth-order valence-electron chi connectivity index (χ4n) is 2.95. The molecule has 0 amide bonds. The second-order valence-corrected chi connectivity index (χ2v) is 5.65. The third-order valence-corrected chi connectivity index (χ3v) is 4.16. The van der Waals surface area contributed by atoms with E-state index in [0.717, 1.165) is 25.5 Å². The van der Waals surface area contributed by atoms with Crippen LogP contribution in [-0.2, 0) is 13.1 Å². The standard InChI is InChI=1S/C12H18N8/c1-2-11(6-19-9-13-8-14-19)18(5-1)7-12-15-16-17-20(12)10-3-4-10/h8-11H,1-7H2/t11-/m1/s1. The molecule has 0 unspecified atom stereocenters. The normalized spacial score (nSPS) is 23.5. The molecular formula is C12H18N8. The van der Waals surface area contributed by atoms with Crippen molar-refractivity contribution in [1.82, 2.24) is 39.9 Å². The fraction of sp³-hybridized carbons (Fsp3) is 0.750. The Morgan fingerprint density at radius 1 is 1.25 bits per heavy atom. The van der Waals surface area contributed by atoms with Crippen LogP contribution in [0.5, 0.6) is 0 Å². The van der Waals surface area contributed by atoms with Gasteiger partial charge in [-0.25, -0.2) is 9.67 Å². The average Bonchev–Trinajstić information content (AvgIpc) is 2.88. The van der Waals surface area contributed by atoms with Crippen LogP contribution in [0.2, 0.25) is 0 Å². The molecule has 0 spiro atoms. The van der Waals surface area contributed by atoms with Crippen molar-refractivity contribution in [2.75, 3.05) is 6.54 Å². The quantitative estimate of drug-likeness (QED) is 0.778. The second kappa shape index (κ2) is 4.93. The van der Waals surface area contributed by atoms with E-state index in [-0.39, 0.29) is 0 Å². The van der Waals surface area contributed by atoms with E-state index in [0.29, 0.717) is 12.1 Å². The Kier molecular flexibility index (Phi) is 2.95. The number of nitrogens with zero attached hydrogens (tertiary/aromatic N) is 8. The SMILES string of the molecule is c1ncn(C[C@H]2CCCN2Cc2nnnn2C2CC2)n1. The average molecular weight is 274 g/mol. The molecule has 2 aromatic rings. The van der Waals surface area contributed by atoms with E-state index in [9.17, 15) is 0 Å². The molecule has 2 aliphatic rings. The van der Waals surface area contributed by atoms with Gasteiger partial charge in [-0.3, -0.25) is 9.58 Å². The molecule has 0 bridgehead atoms. The molecule has 1 aliphatic carbocycles. The maximum atomic E-state index is 4.20. The van der Waals surface area contributed by atoms with Gasteiger partial charge < -0.3 is 0 Å². The number of rotatable bonds is 5. The monoisotopic (exact) mass is 274 g/mol. The van der Waals surface area contributed by atoms with Crippen molar-refractivity contribution in [3.05, 3.63) is 18.5 Å². The largest absolute Gasteiger partial charge is 0.291 e. The van der Waals surface area contributed by atoms with Crippen LogP contribution in [0.1, 0.15) is 37.5 Å². The van der Waals surface area contributed by atoms with E-state index in [2.05, 4.69) is 30.5 Å². The smallest absolute Gasteiger partial charge is 0.165 e. The number of aromatic nitrogens is 7. The van der Waals surface area contributed by atoms with Gasteiger partial charge in [-0.15, -0.1) is 5.10 Å². The Labute approximate surface area is 116 Å². The van der Waals surface area contributed by atoms with Gasteiger partial charge in [-0.1, -0.05) is 0 Å². The van der Waals surface area contributed by atoms with Gasteiger partial charge in [0.25, 0.3) is 0 Å². The minimum absolute atomic E-state index is 0.501. The number of tetrazole rings is 1. The molecule has 8 heteroatoms. The van der Waals surface area contributed by atoms with Crippen molar-refractivity contribution >= 4 is 0 Å². The highest BCUT2D eigenvalue weighted by Crippen LogP contribution is 2.34. The first-order valence-corrected chi connectivity index (χ1v) is 7.23. The summed E-state index contributed by atoms with van der Waals surface area (Å²) in [7, 11) is 0. The molecule has 0 N–H and O–H groups in total. The van der Waals surface area contributed by atoms with Crippen LogP contribution in [0.3, 0.4) is 0 Å². The van der Waals surface area contributed by atoms with Gasteiger partial charge in [-0.2, -0.15) is 5.10 Å². The number of hydrogen-bond donors (Lipinski definition) is 0. The topological polar surface area (TPSA) is 77.5 Å². The molecule has 1 atom stereocenters. The number of hydrogen-bond acceptors (Lipinski definition) is 6. The zero-order valence-electron chi connectivity index (χ0n) is 11.3. The first-order valence-electron chi connectivity index (χ1n) is 7.23. The zero-order valence-corrected chi connectivity index (χ0v) is 11.3. The molecule has 4 rings (SSSR count). The molecule has 1 aliphatic heterocycles. The molecule has 1 saturated heterocycles. The third kappa shape index (κ3) is 2.31. The summed E-state index contributed by atoms with van der Waals surface area (Å²) in [5.41, 5.74) is 0. The van der Waals surface area contributed by atoms with Gasteiger partial charge in [-0.05, 0) is 42.7 Å². The van der Waals surface area contributed by atoms with Crippen LogP contribution in [0.4, 0.5) is 0 Å². The molecule has 1 saturated carbocycles. The van der Waals surface area contributed by atoms with Gasteiger partial charge in [0.05, 0.1) is 19.1 Å². The molecule has 20 heavy (non-hydrogen) atoms. The number of likely N-dealkylation sites (tertiary alicyclic amines) is 1. The van der Waals surface area contributed by atoms with Crippen molar-refractivity contribution < 1.29 is 0 Å². The lowest BCUT2D eigenvalue weighted by Gasteiger charge is -2.23. The van der Waals surface area contributed by atoms with Gasteiger partial charge in [0.1, 0.15) is 12.7 Å². The molecule has 3 heterocycles. The third-order valence-electron chi connectivity index (χ3n) is 4.16. The molecular weight excluding hydrogens is 256 g/mol. The first-order chi connectivity index (χ1) is 9.90. The lowest BCUT2D eigenvalue weighted by atomic mass is 10.2. The summed E-state index contributed by atoms with van der Waals surface area (Å²) >= 11 is 0. The Morgan fingerprint density at radius 3 is 3.00 bits per heavy atom. The van der Waals surface area contributed by atoms with Gasteiger partial charge in [0, 0.05) is 6.04 Å². The van der Waals surface area contributed by atoms with Gasteiger partial charge in [0.2, 0.25) is 0 Å². The van der Waals surface area contributed by atoms with Crippen LogP contribution in [0.25, 0.3) is 0 Å². The van der Waals surface area contributed by atoms with Crippen LogP contribution in [0, 0.1) is 0 Å². The van der Waals surface area contributed by atoms with E-state index in [4.69, 9.17) is 0 Å². The lowest BCUT2D eigenvalue weighted by Crippen LogP contribution is -2.33. The fourth-order valence-corrected chi connectivity index (χ4v) is 2.95.